The highest BCUT2D eigenvalue weighted by molar-refractivity contribution is 5.42. The van der Waals surface area contributed by atoms with E-state index in [0.29, 0.717) is 0 Å². The maximum atomic E-state index is 12.7. The lowest BCUT2D eigenvalue weighted by Gasteiger charge is -2.21. The number of hydrogen-bond acceptors (Lipinski definition) is 3. The van der Waals surface area contributed by atoms with E-state index >= 15 is 0 Å². The highest BCUT2D eigenvalue weighted by Crippen LogP contribution is 2.26. The van der Waals surface area contributed by atoms with Crippen LogP contribution in [0.1, 0.15) is 12.8 Å². The normalized spacial score (nSPS) is 15.1. The van der Waals surface area contributed by atoms with E-state index in [1.807, 2.05) is 0 Å². The lowest BCUT2D eigenvalue weighted by Crippen LogP contribution is -2.33. The Labute approximate surface area is 108 Å². The molecule has 0 aliphatic heterocycles. The first-order chi connectivity index (χ1) is 8.79. The number of anilines is 1. The van der Waals surface area contributed by atoms with Gasteiger partial charge in [-0.2, -0.15) is 0 Å². The van der Waals surface area contributed by atoms with Crippen LogP contribution in [0.15, 0.2) is 24.3 Å². The molecule has 1 fully saturated rings. The van der Waals surface area contributed by atoms with Crippen LogP contribution in [0.25, 0.3) is 0 Å². The van der Waals surface area contributed by atoms with Crippen molar-refractivity contribution in [2.45, 2.75) is 18.9 Å². The highest BCUT2D eigenvalue weighted by atomic mass is 19.1. The van der Waals surface area contributed by atoms with Gasteiger partial charge in [-0.3, -0.25) is 4.90 Å². The molecule has 0 saturated heterocycles. The second-order valence-electron chi connectivity index (χ2n) is 4.69. The lowest BCUT2D eigenvalue weighted by molar-refractivity contribution is 0.146. The number of hydrogen-bond donors (Lipinski definition) is 1. The van der Waals surface area contributed by atoms with Crippen molar-refractivity contribution in [3.8, 4) is 0 Å². The van der Waals surface area contributed by atoms with Crippen LogP contribution in [0.4, 0.5) is 10.1 Å². The van der Waals surface area contributed by atoms with Gasteiger partial charge in [-0.25, -0.2) is 4.39 Å². The third-order valence-corrected chi connectivity index (χ3v) is 3.22. The van der Waals surface area contributed by atoms with Crippen molar-refractivity contribution in [2.75, 3.05) is 38.7 Å². The highest BCUT2D eigenvalue weighted by Gasteiger charge is 2.27. The second-order valence-corrected chi connectivity index (χ2v) is 4.69. The number of nitrogens with zero attached hydrogens (tertiary/aromatic N) is 1. The summed E-state index contributed by atoms with van der Waals surface area (Å²) in [7, 11) is 1.74. The van der Waals surface area contributed by atoms with Gasteiger partial charge in [0.1, 0.15) is 5.82 Å². The van der Waals surface area contributed by atoms with Gasteiger partial charge in [0.05, 0.1) is 6.61 Å². The molecule has 1 N–H and O–H groups in total. The smallest absolute Gasteiger partial charge is 0.123 e. The first-order valence-electron chi connectivity index (χ1n) is 6.52. The van der Waals surface area contributed by atoms with E-state index in [1.54, 1.807) is 19.2 Å². The number of methoxy groups -OCH3 is 1. The molecule has 0 amide bonds. The number of ether oxygens (including phenoxy) is 1. The second kappa shape index (κ2) is 6.71. The summed E-state index contributed by atoms with van der Waals surface area (Å²) in [4.78, 5) is 2.46. The van der Waals surface area contributed by atoms with Crippen LogP contribution in [-0.2, 0) is 4.74 Å². The molecule has 1 saturated carbocycles. The van der Waals surface area contributed by atoms with Gasteiger partial charge in [-0.1, -0.05) is 0 Å². The molecular weight excluding hydrogens is 231 g/mol. The maximum absolute atomic E-state index is 12.7. The molecule has 1 aromatic rings. The predicted octanol–water partition coefficient (Wildman–Crippen LogP) is 2.35. The molecule has 2 rings (SSSR count). The Morgan fingerprint density at radius 1 is 1.28 bits per heavy atom. The zero-order chi connectivity index (χ0) is 12.8. The predicted molar refractivity (Wildman–Crippen MR) is 71.4 cm³/mol. The molecule has 1 aliphatic carbocycles. The molecule has 0 unspecified atom stereocenters. The SMILES string of the molecule is COCCN(CCNc1ccc(F)cc1)C1CC1. The summed E-state index contributed by atoms with van der Waals surface area (Å²) in [6.45, 7) is 3.66. The summed E-state index contributed by atoms with van der Waals surface area (Å²) >= 11 is 0. The quantitative estimate of drug-likeness (QED) is 0.768. The summed E-state index contributed by atoms with van der Waals surface area (Å²) in [5, 5.41) is 3.31. The summed E-state index contributed by atoms with van der Waals surface area (Å²) in [6, 6.07) is 7.24. The molecule has 0 atom stereocenters. The van der Waals surface area contributed by atoms with Crippen LogP contribution >= 0.6 is 0 Å². The van der Waals surface area contributed by atoms with Gasteiger partial charge in [0.25, 0.3) is 0 Å². The van der Waals surface area contributed by atoms with E-state index in [2.05, 4.69) is 10.2 Å². The van der Waals surface area contributed by atoms with Crippen LogP contribution in [0.2, 0.25) is 0 Å². The van der Waals surface area contributed by atoms with Crippen molar-refractivity contribution in [3.63, 3.8) is 0 Å². The van der Waals surface area contributed by atoms with Crippen molar-refractivity contribution in [1.29, 1.82) is 0 Å². The number of benzene rings is 1. The van der Waals surface area contributed by atoms with E-state index < -0.39 is 0 Å². The van der Waals surface area contributed by atoms with Gasteiger partial charge in [-0.05, 0) is 37.1 Å². The molecule has 0 heterocycles. The molecule has 1 aliphatic rings. The van der Waals surface area contributed by atoms with Gasteiger partial charge in [0.2, 0.25) is 0 Å². The molecule has 18 heavy (non-hydrogen) atoms. The standard InChI is InChI=1S/C14H21FN2O/c1-18-11-10-17(14-6-7-14)9-8-16-13-4-2-12(15)3-5-13/h2-5,14,16H,6-11H2,1H3. The Morgan fingerprint density at radius 3 is 2.61 bits per heavy atom. The van der Waals surface area contributed by atoms with Crippen molar-refractivity contribution in [2.24, 2.45) is 0 Å². The van der Waals surface area contributed by atoms with E-state index in [1.165, 1.54) is 25.0 Å². The van der Waals surface area contributed by atoms with Crippen molar-refractivity contribution >= 4 is 5.69 Å². The number of nitrogens with one attached hydrogen (secondary N) is 1. The summed E-state index contributed by atoms with van der Waals surface area (Å²) < 4.78 is 17.9. The fourth-order valence-corrected chi connectivity index (χ4v) is 2.04. The van der Waals surface area contributed by atoms with Crippen molar-refractivity contribution in [1.82, 2.24) is 4.90 Å². The molecule has 4 heteroatoms. The lowest BCUT2D eigenvalue weighted by atomic mass is 10.3. The minimum atomic E-state index is -0.194. The fourth-order valence-electron chi connectivity index (χ4n) is 2.04. The number of halogens is 1. The Kier molecular flexibility index (Phi) is 4.96. The van der Waals surface area contributed by atoms with Crippen LogP contribution < -0.4 is 5.32 Å². The van der Waals surface area contributed by atoms with Crippen LogP contribution in [0, 0.1) is 5.82 Å². The average Bonchev–Trinajstić information content (AvgIpc) is 3.20. The van der Waals surface area contributed by atoms with Crippen molar-refractivity contribution in [3.05, 3.63) is 30.1 Å². The Hall–Kier alpha value is -1.13. The fraction of sp³-hybridized carbons (Fsp3) is 0.571. The van der Waals surface area contributed by atoms with Gasteiger partial charge in [-0.15, -0.1) is 0 Å². The molecule has 100 valence electrons. The molecule has 3 nitrogen and oxygen atoms in total. The summed E-state index contributed by atoms with van der Waals surface area (Å²) in [5.74, 6) is -0.194. The van der Waals surface area contributed by atoms with E-state index in [0.717, 1.165) is 38.0 Å². The summed E-state index contributed by atoms with van der Waals surface area (Å²) in [6.07, 6.45) is 2.61. The van der Waals surface area contributed by atoms with Gasteiger partial charge in [0.15, 0.2) is 0 Å². The van der Waals surface area contributed by atoms with Gasteiger partial charge < -0.3 is 10.1 Å². The van der Waals surface area contributed by atoms with E-state index in [-0.39, 0.29) is 5.82 Å². The average molecular weight is 252 g/mol. The minimum Gasteiger partial charge on any atom is -0.384 e. The minimum absolute atomic E-state index is 0.194. The van der Waals surface area contributed by atoms with Gasteiger partial charge >= 0.3 is 0 Å². The Balaban J connectivity index is 1.70. The Morgan fingerprint density at radius 2 is 2.00 bits per heavy atom. The largest absolute Gasteiger partial charge is 0.384 e. The van der Waals surface area contributed by atoms with E-state index in [4.69, 9.17) is 4.74 Å². The van der Waals surface area contributed by atoms with Crippen molar-refractivity contribution < 1.29 is 9.13 Å². The zero-order valence-electron chi connectivity index (χ0n) is 10.9. The molecule has 0 aromatic heterocycles. The topological polar surface area (TPSA) is 24.5 Å². The molecule has 1 aromatic carbocycles. The first-order valence-corrected chi connectivity index (χ1v) is 6.52. The molecule has 0 radical (unpaired) electrons. The van der Waals surface area contributed by atoms with Gasteiger partial charge in [0, 0.05) is 38.5 Å². The third-order valence-electron chi connectivity index (χ3n) is 3.22. The Bertz CT molecular complexity index is 351. The first kappa shape index (κ1) is 13.3. The van der Waals surface area contributed by atoms with E-state index in [9.17, 15) is 4.39 Å². The van der Waals surface area contributed by atoms with Crippen LogP contribution in [0.3, 0.4) is 0 Å². The molecular formula is C14H21FN2O. The summed E-state index contributed by atoms with van der Waals surface area (Å²) in [5.41, 5.74) is 0.971. The zero-order valence-corrected chi connectivity index (χ0v) is 10.9. The monoisotopic (exact) mass is 252 g/mol. The van der Waals surface area contributed by atoms with Crippen LogP contribution in [0.5, 0.6) is 0 Å². The maximum Gasteiger partial charge on any atom is 0.123 e. The van der Waals surface area contributed by atoms with Crippen LogP contribution in [-0.4, -0.2) is 44.3 Å². The molecule has 0 bridgehead atoms. The number of rotatable bonds is 8. The third kappa shape index (κ3) is 4.27. The molecule has 0 spiro atoms.